The van der Waals surface area contributed by atoms with E-state index in [-0.39, 0.29) is 18.1 Å². The summed E-state index contributed by atoms with van der Waals surface area (Å²) in [6.07, 6.45) is 4.22. The Morgan fingerprint density at radius 2 is 2.16 bits per heavy atom. The van der Waals surface area contributed by atoms with Crippen molar-refractivity contribution in [3.63, 3.8) is 0 Å². The maximum absolute atomic E-state index is 12.6. The van der Waals surface area contributed by atoms with Crippen LogP contribution in [0.3, 0.4) is 0 Å². The van der Waals surface area contributed by atoms with Crippen LogP contribution in [0.25, 0.3) is 5.69 Å². The fraction of sp³-hybridized carbons (Fsp3) is 0.263. The van der Waals surface area contributed by atoms with Gasteiger partial charge in [-0.25, -0.2) is 4.98 Å². The van der Waals surface area contributed by atoms with Gasteiger partial charge in [-0.1, -0.05) is 18.2 Å². The maximum Gasteiger partial charge on any atom is 0.252 e. The van der Waals surface area contributed by atoms with Gasteiger partial charge in [0.15, 0.2) is 0 Å². The standard InChI is InChI=1S/C19H19N3O2S/c1-13-15(8-12-25-13)19(23)21-16-7-11-24-17(16)18-20-9-10-22(18)14-5-3-2-4-6-14/h2-6,8-10,12,16-17H,7,11H2,1H3,(H,21,23)/t16-,17-/m0/s1. The van der Waals surface area contributed by atoms with Gasteiger partial charge >= 0.3 is 0 Å². The lowest BCUT2D eigenvalue weighted by Gasteiger charge is -2.20. The van der Waals surface area contributed by atoms with Gasteiger partial charge in [-0.3, -0.25) is 4.79 Å². The van der Waals surface area contributed by atoms with Gasteiger partial charge in [-0.2, -0.15) is 0 Å². The molecule has 0 spiro atoms. The van der Waals surface area contributed by atoms with Gasteiger partial charge < -0.3 is 14.6 Å². The second kappa shape index (κ2) is 6.82. The third-order valence-electron chi connectivity index (χ3n) is 4.47. The van der Waals surface area contributed by atoms with Crippen molar-refractivity contribution in [1.29, 1.82) is 0 Å². The molecule has 1 aliphatic rings. The number of imidazole rings is 1. The molecule has 1 aliphatic heterocycles. The molecule has 1 aromatic carbocycles. The molecule has 2 atom stereocenters. The number of benzene rings is 1. The molecule has 4 rings (SSSR count). The van der Waals surface area contributed by atoms with Crippen molar-refractivity contribution < 1.29 is 9.53 Å². The highest BCUT2D eigenvalue weighted by atomic mass is 32.1. The Hall–Kier alpha value is -2.44. The Bertz CT molecular complexity index is 872. The molecule has 3 aromatic rings. The molecule has 1 fully saturated rings. The third-order valence-corrected chi connectivity index (χ3v) is 5.32. The predicted octanol–water partition coefficient (Wildman–Crippen LogP) is 3.50. The first-order chi connectivity index (χ1) is 12.2. The Morgan fingerprint density at radius 1 is 1.32 bits per heavy atom. The largest absolute Gasteiger partial charge is 0.368 e. The van der Waals surface area contributed by atoms with Crippen LogP contribution in [0.5, 0.6) is 0 Å². The SMILES string of the molecule is Cc1sccc1C(=O)N[C@H]1CCO[C@@H]1c1nccn1-c1ccccc1. The van der Waals surface area contributed by atoms with E-state index >= 15 is 0 Å². The molecule has 2 aromatic heterocycles. The van der Waals surface area contributed by atoms with Crippen LogP contribution < -0.4 is 5.32 Å². The highest BCUT2D eigenvalue weighted by molar-refractivity contribution is 7.10. The number of carbonyl (C=O) groups is 1. The maximum atomic E-state index is 12.6. The molecule has 3 heterocycles. The fourth-order valence-electron chi connectivity index (χ4n) is 3.19. The summed E-state index contributed by atoms with van der Waals surface area (Å²) < 4.78 is 7.94. The first-order valence-electron chi connectivity index (χ1n) is 8.29. The van der Waals surface area contributed by atoms with Gasteiger partial charge in [0.1, 0.15) is 11.9 Å². The number of amides is 1. The number of carbonyl (C=O) groups excluding carboxylic acids is 1. The summed E-state index contributed by atoms with van der Waals surface area (Å²) in [5, 5.41) is 5.07. The van der Waals surface area contributed by atoms with E-state index in [1.165, 1.54) is 0 Å². The zero-order chi connectivity index (χ0) is 17.2. The lowest BCUT2D eigenvalue weighted by Crippen LogP contribution is -2.37. The third kappa shape index (κ3) is 3.10. The minimum Gasteiger partial charge on any atom is -0.368 e. The van der Waals surface area contributed by atoms with Crippen LogP contribution in [0.1, 0.15) is 33.6 Å². The van der Waals surface area contributed by atoms with E-state index in [0.717, 1.165) is 28.4 Å². The number of ether oxygens (including phenoxy) is 1. The molecule has 0 radical (unpaired) electrons. The summed E-state index contributed by atoms with van der Waals surface area (Å²) in [4.78, 5) is 18.1. The number of hydrogen-bond acceptors (Lipinski definition) is 4. The average Bonchev–Trinajstić information content (AvgIpc) is 3.35. The van der Waals surface area contributed by atoms with Crippen LogP contribution in [0.2, 0.25) is 0 Å². The average molecular weight is 353 g/mol. The summed E-state index contributed by atoms with van der Waals surface area (Å²) in [6, 6.07) is 11.8. The van der Waals surface area contributed by atoms with Crippen LogP contribution in [0.15, 0.2) is 54.2 Å². The van der Waals surface area contributed by atoms with Gasteiger partial charge in [0.05, 0.1) is 11.6 Å². The molecular formula is C19H19N3O2S. The van der Waals surface area contributed by atoms with Gasteiger partial charge in [-0.05, 0) is 36.9 Å². The van der Waals surface area contributed by atoms with E-state index in [9.17, 15) is 4.79 Å². The molecule has 0 saturated carbocycles. The van der Waals surface area contributed by atoms with Crippen molar-refractivity contribution in [2.24, 2.45) is 0 Å². The minimum atomic E-state index is -0.252. The molecular weight excluding hydrogens is 334 g/mol. The molecule has 5 nitrogen and oxygen atoms in total. The molecule has 1 amide bonds. The lowest BCUT2D eigenvalue weighted by molar-refractivity contribution is 0.0785. The first kappa shape index (κ1) is 16.1. The van der Waals surface area contributed by atoms with E-state index in [0.29, 0.717) is 6.61 Å². The van der Waals surface area contributed by atoms with Crippen molar-refractivity contribution in [2.75, 3.05) is 6.61 Å². The Labute approximate surface area is 150 Å². The van der Waals surface area contributed by atoms with E-state index in [1.54, 1.807) is 17.5 Å². The zero-order valence-corrected chi connectivity index (χ0v) is 14.7. The Kier molecular flexibility index (Phi) is 4.38. The Balaban J connectivity index is 1.58. The number of hydrogen-bond donors (Lipinski definition) is 1. The van der Waals surface area contributed by atoms with Gasteiger partial charge in [0.2, 0.25) is 0 Å². The van der Waals surface area contributed by atoms with Crippen LogP contribution in [-0.4, -0.2) is 28.1 Å². The van der Waals surface area contributed by atoms with Crippen LogP contribution in [0, 0.1) is 6.92 Å². The van der Waals surface area contributed by atoms with Crippen LogP contribution >= 0.6 is 11.3 Å². The smallest absolute Gasteiger partial charge is 0.252 e. The topological polar surface area (TPSA) is 56.1 Å². The summed E-state index contributed by atoms with van der Waals surface area (Å²) >= 11 is 1.58. The monoisotopic (exact) mass is 353 g/mol. The quantitative estimate of drug-likeness (QED) is 0.781. The van der Waals surface area contributed by atoms with Crippen molar-refractivity contribution in [1.82, 2.24) is 14.9 Å². The van der Waals surface area contributed by atoms with E-state index < -0.39 is 0 Å². The van der Waals surface area contributed by atoms with E-state index in [1.807, 2.05) is 59.5 Å². The normalized spacial score (nSPS) is 19.9. The second-order valence-corrected chi connectivity index (χ2v) is 7.16. The summed E-state index contributed by atoms with van der Waals surface area (Å²) in [7, 11) is 0. The second-order valence-electron chi connectivity index (χ2n) is 6.04. The van der Waals surface area contributed by atoms with Gasteiger partial charge in [0, 0.05) is 29.6 Å². The van der Waals surface area contributed by atoms with E-state index in [2.05, 4.69) is 10.3 Å². The summed E-state index contributed by atoms with van der Waals surface area (Å²) in [5.41, 5.74) is 1.77. The number of thiophene rings is 1. The highest BCUT2D eigenvalue weighted by Crippen LogP contribution is 2.30. The number of aryl methyl sites for hydroxylation is 1. The number of aromatic nitrogens is 2. The van der Waals surface area contributed by atoms with Gasteiger partial charge in [0.25, 0.3) is 5.91 Å². The molecule has 25 heavy (non-hydrogen) atoms. The van der Waals surface area contributed by atoms with Crippen molar-refractivity contribution >= 4 is 17.2 Å². The molecule has 6 heteroatoms. The zero-order valence-electron chi connectivity index (χ0n) is 13.9. The molecule has 1 saturated heterocycles. The number of para-hydroxylation sites is 1. The summed E-state index contributed by atoms with van der Waals surface area (Å²) in [6.45, 7) is 2.57. The Morgan fingerprint density at radius 3 is 2.92 bits per heavy atom. The van der Waals surface area contributed by atoms with Crippen LogP contribution in [0.4, 0.5) is 0 Å². The molecule has 1 N–H and O–H groups in total. The highest BCUT2D eigenvalue weighted by Gasteiger charge is 2.34. The fourth-order valence-corrected chi connectivity index (χ4v) is 3.89. The molecule has 128 valence electrons. The molecule has 0 aliphatic carbocycles. The van der Waals surface area contributed by atoms with Crippen molar-refractivity contribution in [3.05, 3.63) is 70.4 Å². The number of rotatable bonds is 4. The van der Waals surface area contributed by atoms with Crippen molar-refractivity contribution in [2.45, 2.75) is 25.5 Å². The molecule has 0 unspecified atom stereocenters. The molecule has 0 bridgehead atoms. The predicted molar refractivity (Wildman–Crippen MR) is 97.2 cm³/mol. The lowest BCUT2D eigenvalue weighted by atomic mass is 10.1. The van der Waals surface area contributed by atoms with Crippen molar-refractivity contribution in [3.8, 4) is 5.69 Å². The first-order valence-corrected chi connectivity index (χ1v) is 9.17. The minimum absolute atomic E-state index is 0.0444. The number of nitrogens with zero attached hydrogens (tertiary/aromatic N) is 2. The number of nitrogens with one attached hydrogen (secondary N) is 1. The van der Waals surface area contributed by atoms with Crippen LogP contribution in [-0.2, 0) is 4.74 Å². The van der Waals surface area contributed by atoms with E-state index in [4.69, 9.17) is 4.74 Å². The van der Waals surface area contributed by atoms with Gasteiger partial charge in [-0.15, -0.1) is 11.3 Å². The summed E-state index contributed by atoms with van der Waals surface area (Å²) in [5.74, 6) is 0.771.